The van der Waals surface area contributed by atoms with Crippen molar-refractivity contribution >= 4 is 17.7 Å². The van der Waals surface area contributed by atoms with E-state index < -0.39 is 11.4 Å². The fraction of sp³-hybridized carbons (Fsp3) is 0.455. The molecule has 2 unspecified atom stereocenters. The number of thioether (sulfide) groups is 1. The normalized spacial score (nSPS) is 23.6. The fourth-order valence-corrected chi connectivity index (χ4v) is 2.84. The lowest BCUT2D eigenvalue weighted by Gasteiger charge is -2.27. The highest BCUT2D eigenvalue weighted by molar-refractivity contribution is 7.99. The van der Waals surface area contributed by atoms with Crippen LogP contribution in [0.5, 0.6) is 0 Å². The second-order valence-corrected chi connectivity index (χ2v) is 4.63. The van der Waals surface area contributed by atoms with Crippen molar-refractivity contribution in [2.45, 2.75) is 24.0 Å². The Bertz CT molecular complexity index is 397. The molecular weight excluding hydrogens is 226 g/mol. The van der Waals surface area contributed by atoms with E-state index in [-0.39, 0.29) is 5.97 Å². The predicted octanol–water partition coefficient (Wildman–Crippen LogP) is 1.29. The second kappa shape index (κ2) is 4.84. The number of pyridine rings is 1. The van der Waals surface area contributed by atoms with Crippen molar-refractivity contribution in [3.8, 4) is 0 Å². The number of fused-ring (bicyclic) bond motifs is 1. The van der Waals surface area contributed by atoms with Crippen molar-refractivity contribution in [2.75, 3.05) is 6.61 Å². The highest BCUT2D eigenvalue weighted by atomic mass is 32.2. The van der Waals surface area contributed by atoms with Crippen LogP contribution in [0.1, 0.15) is 24.2 Å². The molecule has 1 aromatic rings. The fourth-order valence-electron chi connectivity index (χ4n) is 1.69. The maximum atomic E-state index is 11.6. The van der Waals surface area contributed by atoms with Crippen LogP contribution < -0.4 is 0 Å². The van der Waals surface area contributed by atoms with Crippen LogP contribution in [-0.4, -0.2) is 27.9 Å². The molecule has 0 amide bonds. The molecule has 86 valence electrons. The van der Waals surface area contributed by atoms with Crippen LogP contribution in [-0.2, 0) is 15.3 Å². The van der Waals surface area contributed by atoms with Gasteiger partial charge in [-0.3, -0.25) is 9.78 Å². The van der Waals surface area contributed by atoms with Gasteiger partial charge in [0.1, 0.15) is 11.4 Å². The zero-order valence-electron chi connectivity index (χ0n) is 8.92. The summed E-state index contributed by atoms with van der Waals surface area (Å²) in [4.78, 5) is 15.6. The third kappa shape index (κ3) is 2.05. The Morgan fingerprint density at radius 1 is 1.75 bits per heavy atom. The molecule has 0 bridgehead atoms. The number of carbonyl (C=O) groups excluding carboxylic acids is 1. The third-order valence-corrected chi connectivity index (χ3v) is 3.78. The van der Waals surface area contributed by atoms with E-state index in [2.05, 4.69) is 4.98 Å². The maximum absolute atomic E-state index is 11.6. The number of ether oxygens (including phenoxy) is 1. The average molecular weight is 239 g/mol. The molecule has 5 heteroatoms. The number of carbonyl (C=O) groups is 1. The summed E-state index contributed by atoms with van der Waals surface area (Å²) >= 11 is 1.41. The Morgan fingerprint density at radius 3 is 3.31 bits per heavy atom. The van der Waals surface area contributed by atoms with Gasteiger partial charge in [-0.15, -0.1) is 11.8 Å². The standard InChI is InChI=1S/C11H13NO3S/c1-2-15-11(14)10-9(13)8-5-12-4-3-7(8)6-16-10/h3-5,9-10,13H,2,6H2,1H3. The van der Waals surface area contributed by atoms with Gasteiger partial charge < -0.3 is 9.84 Å². The van der Waals surface area contributed by atoms with Crippen LogP contribution in [0.25, 0.3) is 0 Å². The van der Waals surface area contributed by atoms with Gasteiger partial charge in [0, 0.05) is 23.7 Å². The van der Waals surface area contributed by atoms with Crippen LogP contribution in [0.3, 0.4) is 0 Å². The van der Waals surface area contributed by atoms with E-state index >= 15 is 0 Å². The Labute approximate surface area is 98.0 Å². The zero-order chi connectivity index (χ0) is 11.5. The van der Waals surface area contributed by atoms with Gasteiger partial charge in [0.05, 0.1) is 6.61 Å². The van der Waals surface area contributed by atoms with E-state index in [4.69, 9.17) is 4.74 Å². The number of aliphatic hydroxyl groups is 1. The minimum absolute atomic E-state index is 0.336. The predicted molar refractivity (Wildman–Crippen MR) is 60.9 cm³/mol. The van der Waals surface area contributed by atoms with Gasteiger partial charge in [-0.05, 0) is 18.6 Å². The number of hydrogen-bond acceptors (Lipinski definition) is 5. The van der Waals surface area contributed by atoms with Crippen molar-refractivity contribution in [3.63, 3.8) is 0 Å². The van der Waals surface area contributed by atoms with Crippen LogP contribution in [0.15, 0.2) is 18.5 Å². The number of aliphatic hydroxyl groups excluding tert-OH is 1. The van der Waals surface area contributed by atoms with Crippen LogP contribution >= 0.6 is 11.8 Å². The molecule has 0 aliphatic carbocycles. The SMILES string of the molecule is CCOC(=O)C1SCc2ccncc2C1O. The first kappa shape index (κ1) is 11.4. The monoisotopic (exact) mass is 239 g/mol. The summed E-state index contributed by atoms with van der Waals surface area (Å²) in [6.07, 6.45) is 2.49. The van der Waals surface area contributed by atoms with Gasteiger partial charge in [0.25, 0.3) is 0 Å². The Kier molecular flexibility index (Phi) is 3.46. The second-order valence-electron chi connectivity index (χ2n) is 3.50. The minimum Gasteiger partial charge on any atom is -0.465 e. The van der Waals surface area contributed by atoms with E-state index in [9.17, 15) is 9.90 Å². The molecule has 2 atom stereocenters. The molecule has 0 aromatic carbocycles. The summed E-state index contributed by atoms with van der Waals surface area (Å²) in [5.74, 6) is 0.354. The van der Waals surface area contributed by atoms with Crippen LogP contribution in [0, 0.1) is 0 Å². The number of nitrogens with zero attached hydrogens (tertiary/aromatic N) is 1. The summed E-state index contributed by atoms with van der Waals surface area (Å²) in [6, 6.07) is 1.87. The molecular formula is C11H13NO3S. The molecule has 0 fully saturated rings. The first-order valence-electron chi connectivity index (χ1n) is 5.13. The number of aromatic nitrogens is 1. The smallest absolute Gasteiger partial charge is 0.322 e. The summed E-state index contributed by atoms with van der Waals surface area (Å²) in [7, 11) is 0. The Balaban J connectivity index is 2.21. The maximum Gasteiger partial charge on any atom is 0.322 e. The zero-order valence-corrected chi connectivity index (χ0v) is 9.74. The summed E-state index contributed by atoms with van der Waals surface area (Å²) < 4.78 is 4.93. The molecule has 4 nitrogen and oxygen atoms in total. The van der Waals surface area contributed by atoms with Gasteiger partial charge in [-0.1, -0.05) is 0 Å². The van der Waals surface area contributed by atoms with Crippen molar-refractivity contribution in [2.24, 2.45) is 0 Å². The van der Waals surface area contributed by atoms with E-state index in [0.717, 1.165) is 11.1 Å². The average Bonchev–Trinajstić information content (AvgIpc) is 2.30. The van der Waals surface area contributed by atoms with Gasteiger partial charge in [0.15, 0.2) is 0 Å². The molecule has 0 saturated heterocycles. The summed E-state index contributed by atoms with van der Waals surface area (Å²) in [6.45, 7) is 2.09. The van der Waals surface area contributed by atoms with E-state index in [0.29, 0.717) is 12.4 Å². The van der Waals surface area contributed by atoms with Crippen molar-refractivity contribution in [1.82, 2.24) is 4.98 Å². The van der Waals surface area contributed by atoms with E-state index in [1.165, 1.54) is 11.8 Å². The lowest BCUT2D eigenvalue weighted by molar-refractivity contribution is -0.144. The number of hydrogen-bond donors (Lipinski definition) is 1. The third-order valence-electron chi connectivity index (χ3n) is 2.49. The first-order valence-corrected chi connectivity index (χ1v) is 6.18. The largest absolute Gasteiger partial charge is 0.465 e. The quantitative estimate of drug-likeness (QED) is 0.788. The Hall–Kier alpha value is -1.07. The molecule has 1 aliphatic heterocycles. The molecule has 2 heterocycles. The Morgan fingerprint density at radius 2 is 2.56 bits per heavy atom. The molecule has 1 aromatic heterocycles. The topological polar surface area (TPSA) is 59.4 Å². The van der Waals surface area contributed by atoms with Crippen LogP contribution in [0.2, 0.25) is 0 Å². The van der Waals surface area contributed by atoms with Crippen molar-refractivity contribution < 1.29 is 14.6 Å². The molecule has 1 N–H and O–H groups in total. The minimum atomic E-state index is -0.818. The molecule has 0 saturated carbocycles. The van der Waals surface area contributed by atoms with Crippen molar-refractivity contribution in [1.29, 1.82) is 0 Å². The van der Waals surface area contributed by atoms with Gasteiger partial charge >= 0.3 is 5.97 Å². The summed E-state index contributed by atoms with van der Waals surface area (Å²) in [5, 5.41) is 9.53. The summed E-state index contributed by atoms with van der Waals surface area (Å²) in [5.41, 5.74) is 1.77. The lowest BCUT2D eigenvalue weighted by atomic mass is 10.0. The lowest BCUT2D eigenvalue weighted by Crippen LogP contribution is -2.30. The molecule has 16 heavy (non-hydrogen) atoms. The van der Waals surface area contributed by atoms with E-state index in [1.54, 1.807) is 19.3 Å². The molecule has 0 radical (unpaired) electrons. The van der Waals surface area contributed by atoms with Gasteiger partial charge in [-0.2, -0.15) is 0 Å². The number of esters is 1. The molecule has 2 rings (SSSR count). The van der Waals surface area contributed by atoms with E-state index in [1.807, 2.05) is 6.07 Å². The first-order chi connectivity index (χ1) is 7.74. The van der Waals surface area contributed by atoms with Crippen LogP contribution in [0.4, 0.5) is 0 Å². The van der Waals surface area contributed by atoms with Gasteiger partial charge in [-0.25, -0.2) is 0 Å². The highest BCUT2D eigenvalue weighted by Crippen LogP contribution is 2.37. The van der Waals surface area contributed by atoms with Gasteiger partial charge in [0.2, 0.25) is 0 Å². The highest BCUT2D eigenvalue weighted by Gasteiger charge is 2.34. The molecule has 0 spiro atoms. The number of rotatable bonds is 2. The molecule has 1 aliphatic rings. The van der Waals surface area contributed by atoms with Crippen molar-refractivity contribution in [3.05, 3.63) is 29.6 Å².